The lowest BCUT2D eigenvalue weighted by Crippen LogP contribution is -2.39. The normalized spacial score (nSPS) is 16.9. The molecule has 0 aliphatic carbocycles. The van der Waals surface area contributed by atoms with Crippen LogP contribution < -0.4 is 4.74 Å². The van der Waals surface area contributed by atoms with Crippen LogP contribution in [0.1, 0.15) is 35.0 Å². The molecule has 0 spiro atoms. The molecular formula is C21H21N3O3. The highest BCUT2D eigenvalue weighted by atomic mass is 16.5. The van der Waals surface area contributed by atoms with Gasteiger partial charge >= 0.3 is 0 Å². The molecule has 6 nitrogen and oxygen atoms in total. The maximum Gasteiger partial charge on any atom is 0.254 e. The SMILES string of the molecule is COc1cccc(C(=O)N2CCCC(c3nc(-c4ccccc4)no3)C2)c1. The maximum atomic E-state index is 12.9. The van der Waals surface area contributed by atoms with Crippen LogP contribution in [0.5, 0.6) is 5.75 Å². The number of benzene rings is 2. The lowest BCUT2D eigenvalue weighted by Gasteiger charge is -2.31. The number of piperidine rings is 1. The van der Waals surface area contributed by atoms with Gasteiger partial charge in [0, 0.05) is 24.2 Å². The van der Waals surface area contributed by atoms with Crippen molar-refractivity contribution in [2.45, 2.75) is 18.8 Å². The molecule has 2 heterocycles. The number of likely N-dealkylation sites (tertiary alicyclic amines) is 1. The first kappa shape index (κ1) is 17.3. The van der Waals surface area contributed by atoms with E-state index in [0.29, 0.717) is 29.6 Å². The first-order chi connectivity index (χ1) is 13.2. The largest absolute Gasteiger partial charge is 0.497 e. The lowest BCUT2D eigenvalue weighted by atomic mass is 9.97. The molecule has 1 amide bonds. The minimum atomic E-state index is 0.00129. The van der Waals surface area contributed by atoms with Crippen LogP contribution in [-0.4, -0.2) is 41.1 Å². The first-order valence-electron chi connectivity index (χ1n) is 9.07. The zero-order valence-corrected chi connectivity index (χ0v) is 15.2. The van der Waals surface area contributed by atoms with Crippen LogP contribution in [-0.2, 0) is 0 Å². The van der Waals surface area contributed by atoms with Crippen molar-refractivity contribution < 1.29 is 14.1 Å². The van der Waals surface area contributed by atoms with Crippen molar-refractivity contribution in [3.8, 4) is 17.1 Å². The molecule has 0 saturated carbocycles. The summed E-state index contributed by atoms with van der Waals surface area (Å²) >= 11 is 0. The molecule has 2 aromatic carbocycles. The van der Waals surface area contributed by atoms with Gasteiger partial charge < -0.3 is 14.2 Å². The van der Waals surface area contributed by atoms with Crippen LogP contribution >= 0.6 is 0 Å². The predicted molar refractivity (Wildman–Crippen MR) is 101 cm³/mol. The molecule has 1 unspecified atom stereocenters. The first-order valence-corrected chi connectivity index (χ1v) is 9.07. The Labute approximate surface area is 157 Å². The van der Waals surface area contributed by atoms with Gasteiger partial charge in [-0.2, -0.15) is 4.98 Å². The number of rotatable bonds is 4. The average Bonchev–Trinajstić information content (AvgIpc) is 3.24. The standard InChI is InChI=1S/C21H21N3O3/c1-26-18-11-5-9-16(13-18)21(25)24-12-6-10-17(14-24)20-22-19(23-27-20)15-7-3-2-4-8-15/h2-5,7-9,11,13,17H,6,10,12,14H2,1H3. The summed E-state index contributed by atoms with van der Waals surface area (Å²) in [6.07, 6.45) is 1.84. The average molecular weight is 363 g/mol. The number of amides is 1. The van der Waals surface area contributed by atoms with E-state index in [1.54, 1.807) is 13.2 Å². The monoisotopic (exact) mass is 363 g/mol. The van der Waals surface area contributed by atoms with Gasteiger partial charge in [-0.1, -0.05) is 41.6 Å². The molecule has 1 fully saturated rings. The second-order valence-electron chi connectivity index (χ2n) is 6.64. The number of carbonyl (C=O) groups is 1. The quantitative estimate of drug-likeness (QED) is 0.706. The number of aromatic nitrogens is 2. The number of ether oxygens (including phenoxy) is 1. The zero-order chi connectivity index (χ0) is 18.6. The molecule has 1 aliphatic rings. The van der Waals surface area contributed by atoms with E-state index in [4.69, 9.17) is 9.26 Å². The molecule has 1 aliphatic heterocycles. The number of methoxy groups -OCH3 is 1. The van der Waals surface area contributed by atoms with Crippen LogP contribution in [0.3, 0.4) is 0 Å². The fourth-order valence-electron chi connectivity index (χ4n) is 3.41. The topological polar surface area (TPSA) is 68.5 Å². The van der Waals surface area contributed by atoms with E-state index in [1.165, 1.54) is 0 Å². The fraction of sp³-hybridized carbons (Fsp3) is 0.286. The maximum absolute atomic E-state index is 12.9. The van der Waals surface area contributed by atoms with Gasteiger partial charge in [0.25, 0.3) is 5.91 Å². The third kappa shape index (κ3) is 3.69. The minimum absolute atomic E-state index is 0.00129. The van der Waals surface area contributed by atoms with Crippen molar-refractivity contribution in [1.29, 1.82) is 0 Å². The van der Waals surface area contributed by atoms with E-state index >= 15 is 0 Å². The molecule has 0 bridgehead atoms. The molecule has 138 valence electrons. The van der Waals surface area contributed by atoms with Gasteiger partial charge in [-0.25, -0.2) is 0 Å². The Morgan fingerprint density at radius 2 is 2.04 bits per heavy atom. The number of hydrogen-bond acceptors (Lipinski definition) is 5. The van der Waals surface area contributed by atoms with Crippen molar-refractivity contribution >= 4 is 5.91 Å². The highest BCUT2D eigenvalue weighted by Crippen LogP contribution is 2.28. The summed E-state index contributed by atoms with van der Waals surface area (Å²) in [4.78, 5) is 19.3. The van der Waals surface area contributed by atoms with Crippen molar-refractivity contribution in [3.05, 3.63) is 66.1 Å². The second-order valence-corrected chi connectivity index (χ2v) is 6.64. The van der Waals surface area contributed by atoms with Gasteiger partial charge in [0.1, 0.15) is 5.75 Å². The van der Waals surface area contributed by atoms with Crippen molar-refractivity contribution in [1.82, 2.24) is 15.0 Å². The molecule has 1 aromatic heterocycles. The molecule has 6 heteroatoms. The lowest BCUT2D eigenvalue weighted by molar-refractivity contribution is 0.0695. The molecule has 4 rings (SSSR count). The van der Waals surface area contributed by atoms with E-state index in [9.17, 15) is 4.79 Å². The highest BCUT2D eigenvalue weighted by molar-refractivity contribution is 5.94. The van der Waals surface area contributed by atoms with Gasteiger partial charge in [0.2, 0.25) is 11.7 Å². The summed E-state index contributed by atoms with van der Waals surface area (Å²) in [7, 11) is 1.60. The van der Waals surface area contributed by atoms with E-state index < -0.39 is 0 Å². The summed E-state index contributed by atoms with van der Waals surface area (Å²) in [5, 5.41) is 4.11. The van der Waals surface area contributed by atoms with E-state index in [-0.39, 0.29) is 11.8 Å². The molecule has 0 radical (unpaired) electrons. The van der Waals surface area contributed by atoms with Gasteiger partial charge in [-0.3, -0.25) is 4.79 Å². The van der Waals surface area contributed by atoms with Crippen LogP contribution in [0.2, 0.25) is 0 Å². The van der Waals surface area contributed by atoms with Crippen molar-refractivity contribution in [2.75, 3.05) is 20.2 Å². The molecule has 0 N–H and O–H groups in total. The molecular weight excluding hydrogens is 342 g/mol. The Kier molecular flexibility index (Phi) is 4.87. The summed E-state index contributed by atoms with van der Waals surface area (Å²) < 4.78 is 10.7. The van der Waals surface area contributed by atoms with E-state index in [0.717, 1.165) is 24.9 Å². The Bertz CT molecular complexity index is 923. The number of carbonyl (C=O) groups excluding carboxylic acids is 1. The third-order valence-electron chi connectivity index (χ3n) is 4.85. The van der Waals surface area contributed by atoms with Crippen LogP contribution in [0.4, 0.5) is 0 Å². The predicted octanol–water partition coefficient (Wildman–Crippen LogP) is 3.77. The van der Waals surface area contributed by atoms with Gasteiger partial charge in [0.15, 0.2) is 0 Å². The van der Waals surface area contributed by atoms with Crippen LogP contribution in [0.25, 0.3) is 11.4 Å². The Balaban J connectivity index is 1.50. The van der Waals surface area contributed by atoms with E-state index in [2.05, 4.69) is 10.1 Å². The third-order valence-corrected chi connectivity index (χ3v) is 4.85. The van der Waals surface area contributed by atoms with Gasteiger partial charge in [0.05, 0.1) is 13.0 Å². The highest BCUT2D eigenvalue weighted by Gasteiger charge is 2.29. The zero-order valence-electron chi connectivity index (χ0n) is 15.2. The number of hydrogen-bond donors (Lipinski definition) is 0. The van der Waals surface area contributed by atoms with Crippen LogP contribution in [0.15, 0.2) is 59.1 Å². The second kappa shape index (κ2) is 7.61. The molecule has 3 aromatic rings. The van der Waals surface area contributed by atoms with Gasteiger partial charge in [-0.05, 0) is 31.0 Å². The van der Waals surface area contributed by atoms with Crippen molar-refractivity contribution in [3.63, 3.8) is 0 Å². The summed E-state index contributed by atoms with van der Waals surface area (Å²) in [6.45, 7) is 1.30. The van der Waals surface area contributed by atoms with Gasteiger partial charge in [-0.15, -0.1) is 0 Å². The minimum Gasteiger partial charge on any atom is -0.497 e. The molecule has 1 atom stereocenters. The summed E-state index contributed by atoms with van der Waals surface area (Å²) in [5.41, 5.74) is 1.55. The van der Waals surface area contributed by atoms with Crippen molar-refractivity contribution in [2.24, 2.45) is 0 Å². The van der Waals surface area contributed by atoms with E-state index in [1.807, 2.05) is 53.4 Å². The smallest absolute Gasteiger partial charge is 0.254 e. The summed E-state index contributed by atoms with van der Waals surface area (Å²) in [6, 6.07) is 17.0. The number of nitrogens with zero attached hydrogens (tertiary/aromatic N) is 3. The Morgan fingerprint density at radius 3 is 2.85 bits per heavy atom. The Hall–Kier alpha value is -3.15. The molecule has 1 saturated heterocycles. The van der Waals surface area contributed by atoms with Crippen LogP contribution in [0, 0.1) is 0 Å². The molecule has 27 heavy (non-hydrogen) atoms. The fourth-order valence-corrected chi connectivity index (χ4v) is 3.41. The Morgan fingerprint density at radius 1 is 1.19 bits per heavy atom. The summed E-state index contributed by atoms with van der Waals surface area (Å²) in [5.74, 6) is 1.91.